The third kappa shape index (κ3) is 3.56. The fraction of sp³-hybridized carbons (Fsp3) is 0.667. The number of hydrogen-bond acceptors (Lipinski definition) is 4. The summed E-state index contributed by atoms with van der Waals surface area (Å²) >= 11 is 0. The zero-order valence-electron chi connectivity index (χ0n) is 10.9. The van der Waals surface area contributed by atoms with Gasteiger partial charge >= 0.3 is 0 Å². The quantitative estimate of drug-likeness (QED) is 0.683. The highest BCUT2D eigenvalue weighted by atomic mass is 16.5. The number of ketones is 1. The Kier molecular flexibility index (Phi) is 5.15. The molecule has 0 atom stereocenters. The Morgan fingerprint density at radius 3 is 2.76 bits per heavy atom. The summed E-state index contributed by atoms with van der Waals surface area (Å²) in [6, 6.07) is 0. The number of carbonyl (C=O) groups is 1. The van der Waals surface area contributed by atoms with E-state index in [1.807, 2.05) is 20.8 Å². The van der Waals surface area contributed by atoms with Crippen LogP contribution in [0.2, 0.25) is 0 Å². The molecular weight excluding hydrogens is 220 g/mol. The molecule has 0 saturated carbocycles. The molecule has 1 heterocycles. The Balaban J connectivity index is 2.85. The van der Waals surface area contributed by atoms with Crippen molar-refractivity contribution in [1.82, 2.24) is 9.78 Å². The van der Waals surface area contributed by atoms with Gasteiger partial charge in [0.15, 0.2) is 5.75 Å². The predicted molar refractivity (Wildman–Crippen MR) is 64.5 cm³/mol. The molecule has 0 aliphatic heterocycles. The molecule has 0 radical (unpaired) electrons. The van der Waals surface area contributed by atoms with Crippen LogP contribution in [0, 0.1) is 0 Å². The van der Waals surface area contributed by atoms with Crippen LogP contribution in [0.4, 0.5) is 0 Å². The summed E-state index contributed by atoms with van der Waals surface area (Å²) in [7, 11) is 1.54. The van der Waals surface area contributed by atoms with Gasteiger partial charge < -0.3 is 9.47 Å². The highest BCUT2D eigenvalue weighted by Crippen LogP contribution is 2.18. The molecule has 0 aromatic carbocycles. The maximum absolute atomic E-state index is 12.0. The first-order chi connectivity index (χ1) is 8.10. The van der Waals surface area contributed by atoms with Crippen molar-refractivity contribution in [3.8, 4) is 5.75 Å². The third-order valence-electron chi connectivity index (χ3n) is 2.27. The van der Waals surface area contributed by atoms with Gasteiger partial charge in [0, 0.05) is 6.54 Å². The smallest absolute Gasteiger partial charge is 0.210 e. The summed E-state index contributed by atoms with van der Waals surface area (Å²) in [6.07, 6.45) is 2.52. The summed E-state index contributed by atoms with van der Waals surface area (Å²) in [5, 5.41) is 4.14. The molecule has 0 aliphatic carbocycles. The van der Waals surface area contributed by atoms with Crippen LogP contribution in [0.1, 0.15) is 37.7 Å². The lowest BCUT2D eigenvalue weighted by Crippen LogP contribution is -2.18. The van der Waals surface area contributed by atoms with Gasteiger partial charge in [0.05, 0.1) is 19.4 Å². The molecule has 5 heteroatoms. The van der Waals surface area contributed by atoms with Crippen LogP contribution in [-0.2, 0) is 11.3 Å². The van der Waals surface area contributed by atoms with Crippen molar-refractivity contribution in [1.29, 1.82) is 0 Å². The zero-order valence-corrected chi connectivity index (χ0v) is 10.9. The highest BCUT2D eigenvalue weighted by Gasteiger charge is 2.19. The number of methoxy groups -OCH3 is 1. The van der Waals surface area contributed by atoms with E-state index in [-0.39, 0.29) is 18.5 Å². The maximum Gasteiger partial charge on any atom is 0.210 e. The molecular formula is C12H20N2O3. The van der Waals surface area contributed by atoms with Crippen LogP contribution in [0.3, 0.4) is 0 Å². The average Bonchev–Trinajstić information content (AvgIpc) is 2.69. The molecule has 0 fully saturated rings. The van der Waals surface area contributed by atoms with Crippen LogP contribution >= 0.6 is 0 Å². The molecule has 0 spiro atoms. The molecule has 0 saturated heterocycles. The zero-order chi connectivity index (χ0) is 12.8. The van der Waals surface area contributed by atoms with E-state index >= 15 is 0 Å². The first-order valence-corrected chi connectivity index (χ1v) is 5.84. The Morgan fingerprint density at radius 1 is 1.53 bits per heavy atom. The van der Waals surface area contributed by atoms with Gasteiger partial charge in [0.25, 0.3) is 0 Å². The van der Waals surface area contributed by atoms with E-state index in [0.717, 1.165) is 6.42 Å². The summed E-state index contributed by atoms with van der Waals surface area (Å²) in [4.78, 5) is 12.0. The molecule has 0 bridgehead atoms. The molecule has 17 heavy (non-hydrogen) atoms. The van der Waals surface area contributed by atoms with E-state index in [1.54, 1.807) is 10.9 Å². The Bertz CT molecular complexity index is 372. The minimum atomic E-state index is -0.0958. The highest BCUT2D eigenvalue weighted by molar-refractivity contribution is 5.98. The standard InChI is InChI=1S/C12H20N2O3/c1-5-6-14-12(11(16-4)7-13-14)10(15)8-17-9(2)3/h7,9H,5-6,8H2,1-4H3. The second-order valence-electron chi connectivity index (χ2n) is 4.07. The van der Waals surface area contributed by atoms with E-state index in [2.05, 4.69) is 5.10 Å². The fourth-order valence-corrected chi connectivity index (χ4v) is 1.49. The summed E-state index contributed by atoms with van der Waals surface area (Å²) in [6.45, 7) is 6.59. The van der Waals surface area contributed by atoms with Crippen LogP contribution in [0.5, 0.6) is 5.75 Å². The van der Waals surface area contributed by atoms with Crippen molar-refractivity contribution in [2.24, 2.45) is 0 Å². The molecule has 96 valence electrons. The van der Waals surface area contributed by atoms with Crippen molar-refractivity contribution < 1.29 is 14.3 Å². The van der Waals surface area contributed by atoms with Gasteiger partial charge in [0.2, 0.25) is 5.78 Å². The van der Waals surface area contributed by atoms with Gasteiger partial charge in [-0.1, -0.05) is 6.92 Å². The molecule has 0 N–H and O–H groups in total. The van der Waals surface area contributed by atoms with E-state index in [1.165, 1.54) is 7.11 Å². The van der Waals surface area contributed by atoms with Crippen molar-refractivity contribution in [2.75, 3.05) is 13.7 Å². The lowest BCUT2D eigenvalue weighted by molar-refractivity contribution is 0.0573. The lowest BCUT2D eigenvalue weighted by atomic mass is 10.2. The normalized spacial score (nSPS) is 10.9. The molecule has 0 unspecified atom stereocenters. The van der Waals surface area contributed by atoms with Crippen LogP contribution in [-0.4, -0.2) is 35.4 Å². The molecule has 1 rings (SSSR count). The third-order valence-corrected chi connectivity index (χ3v) is 2.27. The van der Waals surface area contributed by atoms with Gasteiger partial charge in [0.1, 0.15) is 12.3 Å². The second-order valence-corrected chi connectivity index (χ2v) is 4.07. The van der Waals surface area contributed by atoms with Crippen LogP contribution in [0.15, 0.2) is 6.20 Å². The number of ether oxygens (including phenoxy) is 2. The Hall–Kier alpha value is -1.36. The number of rotatable bonds is 7. The fourth-order valence-electron chi connectivity index (χ4n) is 1.49. The maximum atomic E-state index is 12.0. The molecule has 1 aromatic heterocycles. The van der Waals surface area contributed by atoms with E-state index < -0.39 is 0 Å². The van der Waals surface area contributed by atoms with E-state index in [4.69, 9.17) is 9.47 Å². The van der Waals surface area contributed by atoms with Crippen molar-refractivity contribution in [3.63, 3.8) is 0 Å². The SMILES string of the molecule is CCCn1ncc(OC)c1C(=O)COC(C)C. The number of carbonyl (C=O) groups excluding carboxylic acids is 1. The summed E-state index contributed by atoms with van der Waals surface area (Å²) < 4.78 is 12.1. The van der Waals surface area contributed by atoms with Gasteiger partial charge in [-0.2, -0.15) is 5.10 Å². The van der Waals surface area contributed by atoms with Crippen LogP contribution in [0.25, 0.3) is 0 Å². The Labute approximate surface area is 102 Å². The predicted octanol–water partition coefficient (Wildman–Crippen LogP) is 1.91. The van der Waals surface area contributed by atoms with Crippen LogP contribution < -0.4 is 4.74 Å². The monoisotopic (exact) mass is 240 g/mol. The average molecular weight is 240 g/mol. The first kappa shape index (κ1) is 13.7. The minimum absolute atomic E-state index is 0.0347. The number of Topliss-reactive ketones (excluding diaryl/α,β-unsaturated/α-hetero) is 1. The molecule has 0 amide bonds. The van der Waals surface area contributed by atoms with Gasteiger partial charge in [-0.3, -0.25) is 9.48 Å². The number of hydrogen-bond donors (Lipinski definition) is 0. The van der Waals surface area contributed by atoms with Gasteiger partial charge in [-0.05, 0) is 20.3 Å². The van der Waals surface area contributed by atoms with Crippen molar-refractivity contribution in [3.05, 3.63) is 11.9 Å². The van der Waals surface area contributed by atoms with E-state index in [9.17, 15) is 4.79 Å². The number of aromatic nitrogens is 2. The minimum Gasteiger partial charge on any atom is -0.493 e. The molecule has 1 aromatic rings. The van der Waals surface area contributed by atoms with Gasteiger partial charge in [-0.15, -0.1) is 0 Å². The summed E-state index contributed by atoms with van der Waals surface area (Å²) in [5.41, 5.74) is 0.495. The first-order valence-electron chi connectivity index (χ1n) is 5.84. The van der Waals surface area contributed by atoms with Crippen molar-refractivity contribution in [2.45, 2.75) is 39.8 Å². The largest absolute Gasteiger partial charge is 0.493 e. The number of nitrogens with zero attached hydrogens (tertiary/aromatic N) is 2. The Morgan fingerprint density at radius 2 is 2.24 bits per heavy atom. The lowest BCUT2D eigenvalue weighted by Gasteiger charge is -2.09. The topological polar surface area (TPSA) is 53.4 Å². The van der Waals surface area contributed by atoms with Crippen molar-refractivity contribution >= 4 is 5.78 Å². The molecule has 5 nitrogen and oxygen atoms in total. The molecule has 0 aliphatic rings. The van der Waals surface area contributed by atoms with Gasteiger partial charge in [-0.25, -0.2) is 0 Å². The second kappa shape index (κ2) is 6.39. The van der Waals surface area contributed by atoms with E-state index in [0.29, 0.717) is 18.0 Å². The summed E-state index contributed by atoms with van der Waals surface area (Å²) in [5.74, 6) is 0.414. The number of aryl methyl sites for hydroxylation is 1.